The number of hydrogen-bond donors (Lipinski definition) is 3. The number of nitrogens with zero attached hydrogens (tertiary/aromatic N) is 3. The van der Waals surface area contributed by atoms with Crippen molar-refractivity contribution in [3.05, 3.63) is 59.1 Å². The minimum absolute atomic E-state index is 0.0245. The molecule has 1 aliphatic rings. The number of rotatable bonds is 3. The van der Waals surface area contributed by atoms with Gasteiger partial charge in [-0.3, -0.25) is 9.78 Å². The van der Waals surface area contributed by atoms with Crippen molar-refractivity contribution in [1.29, 1.82) is 0 Å². The zero-order valence-electron chi connectivity index (χ0n) is 14.8. The number of hydrogen-bond acceptors (Lipinski definition) is 6. The Bertz CT molecular complexity index is 1010. The molecule has 1 saturated heterocycles. The summed E-state index contributed by atoms with van der Waals surface area (Å²) in [6.07, 6.45) is 5.30. The number of aromatic hydroxyl groups is 1. The average molecular weight is 363 g/mol. The molecule has 0 spiro atoms. The Labute approximate surface area is 156 Å². The third-order valence-electron chi connectivity index (χ3n) is 4.85. The molecule has 4 N–H and O–H groups in total. The van der Waals surface area contributed by atoms with Crippen LogP contribution in [0.25, 0.3) is 22.5 Å². The zero-order valence-corrected chi connectivity index (χ0v) is 14.8. The molecular formula is C20H21N5O2. The molecule has 2 aromatic heterocycles. The second kappa shape index (κ2) is 7.20. The van der Waals surface area contributed by atoms with Crippen LogP contribution < -0.4 is 16.6 Å². The second-order valence-electron chi connectivity index (χ2n) is 6.67. The van der Waals surface area contributed by atoms with E-state index in [1.54, 1.807) is 29.1 Å². The third-order valence-corrected chi connectivity index (χ3v) is 4.85. The predicted octanol–water partition coefficient (Wildman–Crippen LogP) is 2.18. The predicted molar refractivity (Wildman–Crippen MR) is 104 cm³/mol. The molecule has 138 valence electrons. The fourth-order valence-electron chi connectivity index (χ4n) is 3.44. The van der Waals surface area contributed by atoms with Crippen LogP contribution in [0.4, 0.5) is 5.82 Å². The molecule has 0 radical (unpaired) electrons. The van der Waals surface area contributed by atoms with Gasteiger partial charge in [-0.2, -0.15) is 0 Å². The van der Waals surface area contributed by atoms with Crippen molar-refractivity contribution in [2.75, 3.05) is 18.8 Å². The lowest BCUT2D eigenvalue weighted by Gasteiger charge is -2.25. The molecule has 1 atom stereocenters. The first kappa shape index (κ1) is 17.2. The summed E-state index contributed by atoms with van der Waals surface area (Å²) in [4.78, 5) is 21.1. The Morgan fingerprint density at radius 3 is 2.85 bits per heavy atom. The van der Waals surface area contributed by atoms with Gasteiger partial charge in [0.15, 0.2) is 5.82 Å². The van der Waals surface area contributed by atoms with E-state index in [0.717, 1.165) is 30.6 Å². The summed E-state index contributed by atoms with van der Waals surface area (Å²) in [5, 5.41) is 13.7. The Balaban J connectivity index is 1.81. The number of nitrogens with two attached hydrogens (primary N) is 1. The molecule has 7 nitrogen and oxygen atoms in total. The molecule has 3 heterocycles. The summed E-state index contributed by atoms with van der Waals surface area (Å²) < 4.78 is 1.64. The highest BCUT2D eigenvalue weighted by molar-refractivity contribution is 5.74. The molecule has 0 saturated carbocycles. The first-order valence-electron chi connectivity index (χ1n) is 8.97. The van der Waals surface area contributed by atoms with E-state index in [-0.39, 0.29) is 23.2 Å². The Morgan fingerprint density at radius 2 is 2.11 bits per heavy atom. The van der Waals surface area contributed by atoms with E-state index >= 15 is 0 Å². The maximum Gasteiger partial charge on any atom is 0.293 e. The van der Waals surface area contributed by atoms with Crippen LogP contribution in [0.5, 0.6) is 5.75 Å². The quantitative estimate of drug-likeness (QED) is 0.659. The molecule has 1 fully saturated rings. The van der Waals surface area contributed by atoms with Crippen molar-refractivity contribution in [3.63, 3.8) is 0 Å². The molecule has 1 aliphatic heterocycles. The molecule has 27 heavy (non-hydrogen) atoms. The number of phenols is 1. The molecule has 0 bridgehead atoms. The lowest BCUT2D eigenvalue weighted by Crippen LogP contribution is -2.37. The molecule has 7 heteroatoms. The van der Waals surface area contributed by atoms with Gasteiger partial charge in [0, 0.05) is 36.1 Å². The van der Waals surface area contributed by atoms with Crippen molar-refractivity contribution in [2.24, 2.45) is 0 Å². The maximum atomic E-state index is 12.5. The van der Waals surface area contributed by atoms with Crippen LogP contribution in [0.1, 0.15) is 18.9 Å². The fourth-order valence-corrected chi connectivity index (χ4v) is 3.44. The van der Waals surface area contributed by atoms with E-state index in [2.05, 4.69) is 15.3 Å². The number of pyridine rings is 1. The minimum atomic E-state index is -0.298. The smallest absolute Gasteiger partial charge is 0.293 e. The largest absolute Gasteiger partial charge is 0.507 e. The Morgan fingerprint density at radius 1 is 1.22 bits per heavy atom. The second-order valence-corrected chi connectivity index (χ2v) is 6.67. The minimum Gasteiger partial charge on any atom is -0.507 e. The lowest BCUT2D eigenvalue weighted by atomic mass is 10.0. The van der Waals surface area contributed by atoms with E-state index in [1.807, 2.05) is 24.3 Å². The third kappa shape index (κ3) is 3.41. The number of nitrogen functional groups attached to an aromatic ring is 1. The summed E-state index contributed by atoms with van der Waals surface area (Å²) in [7, 11) is 0. The normalized spacial score (nSPS) is 17.0. The van der Waals surface area contributed by atoms with Gasteiger partial charge in [-0.05, 0) is 49.7 Å². The van der Waals surface area contributed by atoms with Gasteiger partial charge in [-0.25, -0.2) is 4.98 Å². The molecule has 1 unspecified atom stereocenters. The van der Waals surface area contributed by atoms with Crippen molar-refractivity contribution in [1.82, 2.24) is 19.9 Å². The summed E-state index contributed by atoms with van der Waals surface area (Å²) in [6, 6.07) is 10.9. The van der Waals surface area contributed by atoms with Crippen LogP contribution in [-0.2, 0) is 0 Å². The fraction of sp³-hybridized carbons (Fsp3) is 0.250. The number of benzene rings is 1. The number of anilines is 1. The van der Waals surface area contributed by atoms with Crippen molar-refractivity contribution < 1.29 is 5.11 Å². The molecule has 0 amide bonds. The highest BCUT2D eigenvalue weighted by Gasteiger charge is 2.19. The SMILES string of the molecule is Nc1nc(-c2cc(-c3ccccn3)ccc2O)cn(C2CCCNC2)c1=O. The topological polar surface area (TPSA) is 106 Å². The number of piperidine rings is 1. The van der Waals surface area contributed by atoms with Crippen molar-refractivity contribution >= 4 is 5.82 Å². The molecule has 0 aliphatic carbocycles. The summed E-state index contributed by atoms with van der Waals surface area (Å²) in [5.41, 5.74) is 8.23. The summed E-state index contributed by atoms with van der Waals surface area (Å²) >= 11 is 0. The first-order valence-corrected chi connectivity index (χ1v) is 8.97. The van der Waals surface area contributed by atoms with Crippen molar-refractivity contribution in [3.8, 4) is 28.3 Å². The molecule has 3 aromatic rings. The number of aromatic nitrogens is 3. The van der Waals surface area contributed by atoms with E-state index in [9.17, 15) is 9.90 Å². The molecule has 4 rings (SSSR count). The van der Waals surface area contributed by atoms with Crippen LogP contribution in [-0.4, -0.2) is 32.7 Å². The summed E-state index contributed by atoms with van der Waals surface area (Å²) in [5.74, 6) is 0.00858. The van der Waals surface area contributed by atoms with Gasteiger partial charge in [-0.15, -0.1) is 0 Å². The maximum absolute atomic E-state index is 12.5. The number of nitrogens with one attached hydrogen (secondary N) is 1. The van der Waals surface area contributed by atoms with Crippen LogP contribution in [0.15, 0.2) is 53.6 Å². The summed E-state index contributed by atoms with van der Waals surface area (Å²) in [6.45, 7) is 1.66. The monoisotopic (exact) mass is 363 g/mol. The van der Waals surface area contributed by atoms with E-state index < -0.39 is 0 Å². The lowest BCUT2D eigenvalue weighted by molar-refractivity contribution is 0.364. The average Bonchev–Trinajstić information content (AvgIpc) is 2.72. The number of phenolic OH excluding ortho intramolecular Hbond substituents is 1. The van der Waals surface area contributed by atoms with Gasteiger partial charge in [0.1, 0.15) is 5.75 Å². The Kier molecular flexibility index (Phi) is 4.60. The van der Waals surface area contributed by atoms with Crippen LogP contribution in [0, 0.1) is 0 Å². The van der Waals surface area contributed by atoms with Gasteiger partial charge in [0.2, 0.25) is 0 Å². The standard InChI is InChI=1S/C20H21N5O2/c21-19-20(27)25(14-4-3-8-22-11-14)12-17(24-19)15-10-13(6-7-18(15)26)16-5-1-2-9-23-16/h1-2,5-7,9-10,12,14,22,26H,3-4,8,11H2,(H2,21,24). The van der Waals surface area contributed by atoms with E-state index in [4.69, 9.17) is 5.73 Å². The highest BCUT2D eigenvalue weighted by Crippen LogP contribution is 2.32. The van der Waals surface area contributed by atoms with Gasteiger partial charge >= 0.3 is 0 Å². The van der Waals surface area contributed by atoms with E-state index in [0.29, 0.717) is 17.8 Å². The van der Waals surface area contributed by atoms with Gasteiger partial charge in [0.25, 0.3) is 5.56 Å². The van der Waals surface area contributed by atoms with Gasteiger partial charge in [0.05, 0.1) is 11.4 Å². The first-order chi connectivity index (χ1) is 13.1. The van der Waals surface area contributed by atoms with Gasteiger partial charge < -0.3 is 20.7 Å². The molecular weight excluding hydrogens is 342 g/mol. The van der Waals surface area contributed by atoms with Crippen LogP contribution >= 0.6 is 0 Å². The van der Waals surface area contributed by atoms with E-state index in [1.165, 1.54) is 0 Å². The van der Waals surface area contributed by atoms with Crippen LogP contribution in [0.2, 0.25) is 0 Å². The highest BCUT2D eigenvalue weighted by atomic mass is 16.3. The van der Waals surface area contributed by atoms with Crippen molar-refractivity contribution in [2.45, 2.75) is 18.9 Å². The zero-order chi connectivity index (χ0) is 18.8. The molecule has 1 aromatic carbocycles. The van der Waals surface area contributed by atoms with Crippen LogP contribution in [0.3, 0.4) is 0 Å². The Hall–Kier alpha value is -3.19. The van der Waals surface area contributed by atoms with Gasteiger partial charge in [-0.1, -0.05) is 6.07 Å².